The minimum absolute atomic E-state index is 0.101. The zero-order chi connectivity index (χ0) is 21.2. The molecule has 2 aromatic carbocycles. The largest absolute Gasteiger partial charge is 0.497 e. The Morgan fingerprint density at radius 3 is 2.71 bits per heavy atom. The minimum atomic E-state index is -0.236. The van der Waals surface area contributed by atoms with Crippen LogP contribution in [0.5, 0.6) is 5.75 Å². The number of aromatic amines is 1. The Kier molecular flexibility index (Phi) is 5.21. The van der Waals surface area contributed by atoms with Crippen molar-refractivity contribution < 1.29 is 9.64 Å². The number of likely N-dealkylation sites (tertiary alicyclic amines) is 1. The topological polar surface area (TPSA) is 90.1 Å². The van der Waals surface area contributed by atoms with Crippen LogP contribution in [0.2, 0.25) is 0 Å². The van der Waals surface area contributed by atoms with E-state index in [1.165, 1.54) is 4.90 Å². The summed E-state index contributed by atoms with van der Waals surface area (Å²) in [6, 6.07) is 17.5. The molecule has 1 saturated heterocycles. The molecular weight excluding hydrogens is 392 g/mol. The summed E-state index contributed by atoms with van der Waals surface area (Å²) in [6.45, 7) is 2.53. The fourth-order valence-corrected chi connectivity index (χ4v) is 4.49. The van der Waals surface area contributed by atoms with Gasteiger partial charge in [-0.3, -0.25) is 4.79 Å². The number of ether oxygens (including phenoxy) is 1. The van der Waals surface area contributed by atoms with E-state index in [4.69, 9.17) is 4.74 Å². The first-order valence-corrected chi connectivity index (χ1v) is 10.6. The average molecular weight is 417 g/mol. The Balaban J connectivity index is 1.62. The molecule has 5 rings (SSSR count). The number of hydrogen-bond donors (Lipinski definition) is 2. The Morgan fingerprint density at radius 2 is 1.94 bits per heavy atom. The summed E-state index contributed by atoms with van der Waals surface area (Å²) < 4.78 is 7.20. The Bertz CT molecular complexity index is 1240. The molecule has 0 bridgehead atoms. The molecule has 0 unspecified atom stereocenters. The van der Waals surface area contributed by atoms with Crippen molar-refractivity contribution in [3.63, 3.8) is 0 Å². The van der Waals surface area contributed by atoms with E-state index in [0.717, 1.165) is 48.1 Å². The van der Waals surface area contributed by atoms with Crippen LogP contribution < -0.4 is 15.2 Å². The number of rotatable bonds is 6. The number of hydrogen-bond acceptors (Lipinski definition) is 5. The lowest BCUT2D eigenvalue weighted by Crippen LogP contribution is -3.10. The highest BCUT2D eigenvalue weighted by Gasteiger charge is 2.35. The first kappa shape index (κ1) is 19.4. The molecule has 0 saturated carbocycles. The summed E-state index contributed by atoms with van der Waals surface area (Å²) in [6.07, 6.45) is 2.26. The van der Waals surface area contributed by atoms with E-state index in [2.05, 4.69) is 32.6 Å². The second kappa shape index (κ2) is 8.31. The van der Waals surface area contributed by atoms with Crippen LogP contribution in [0.15, 0.2) is 59.4 Å². The van der Waals surface area contributed by atoms with E-state index in [0.29, 0.717) is 17.9 Å². The lowest BCUT2D eigenvalue weighted by molar-refractivity contribution is -0.914. The van der Waals surface area contributed by atoms with Gasteiger partial charge in [-0.1, -0.05) is 30.3 Å². The molecule has 1 fully saturated rings. The van der Waals surface area contributed by atoms with Crippen LogP contribution in [-0.2, 0) is 6.54 Å². The molecule has 1 aliphatic rings. The van der Waals surface area contributed by atoms with E-state index < -0.39 is 0 Å². The minimum Gasteiger partial charge on any atom is -0.497 e. The molecule has 8 nitrogen and oxygen atoms in total. The van der Waals surface area contributed by atoms with Gasteiger partial charge in [-0.25, -0.2) is 4.68 Å². The van der Waals surface area contributed by atoms with Gasteiger partial charge in [0.25, 0.3) is 5.56 Å². The summed E-state index contributed by atoms with van der Waals surface area (Å²) in [4.78, 5) is 17.5. The Hall–Kier alpha value is -3.52. The van der Waals surface area contributed by atoms with Gasteiger partial charge in [0.15, 0.2) is 6.04 Å². The fourth-order valence-electron chi connectivity index (χ4n) is 4.49. The number of H-pyrrole nitrogens is 1. The number of quaternary nitrogens is 1. The maximum Gasteiger partial charge on any atom is 0.258 e. The maximum atomic E-state index is 13.2. The van der Waals surface area contributed by atoms with Crippen molar-refractivity contribution in [3.05, 3.63) is 81.9 Å². The van der Waals surface area contributed by atoms with Crippen LogP contribution in [0.4, 0.5) is 0 Å². The van der Waals surface area contributed by atoms with Crippen molar-refractivity contribution in [2.45, 2.75) is 25.4 Å². The van der Waals surface area contributed by atoms with Crippen molar-refractivity contribution >= 4 is 10.9 Å². The third kappa shape index (κ3) is 3.82. The summed E-state index contributed by atoms with van der Waals surface area (Å²) in [7, 11) is 1.64. The number of methoxy groups -OCH3 is 1. The molecule has 0 spiro atoms. The SMILES string of the molecule is COc1ccc2[nH]c(=O)c([C@H](c3nnnn3Cc3ccccc3)[NH+]3CCCC3)cc2c1. The zero-order valence-corrected chi connectivity index (χ0v) is 17.4. The molecule has 1 aliphatic heterocycles. The highest BCUT2D eigenvalue weighted by Crippen LogP contribution is 2.23. The van der Waals surface area contributed by atoms with E-state index in [1.54, 1.807) is 7.11 Å². The number of nitrogens with zero attached hydrogens (tertiary/aromatic N) is 4. The van der Waals surface area contributed by atoms with Crippen LogP contribution in [-0.4, -0.2) is 45.4 Å². The quantitative estimate of drug-likeness (QED) is 0.494. The predicted molar refractivity (Wildman–Crippen MR) is 116 cm³/mol. The van der Waals surface area contributed by atoms with Crippen molar-refractivity contribution in [2.24, 2.45) is 0 Å². The Labute approximate surface area is 179 Å². The molecule has 3 heterocycles. The monoisotopic (exact) mass is 417 g/mol. The third-order valence-electron chi connectivity index (χ3n) is 6.04. The van der Waals surface area contributed by atoms with Gasteiger partial charge in [0, 0.05) is 23.7 Å². The average Bonchev–Trinajstić information content (AvgIpc) is 3.48. The van der Waals surface area contributed by atoms with Gasteiger partial charge >= 0.3 is 0 Å². The molecule has 31 heavy (non-hydrogen) atoms. The highest BCUT2D eigenvalue weighted by molar-refractivity contribution is 5.80. The number of nitrogens with one attached hydrogen (secondary N) is 2. The van der Waals surface area contributed by atoms with Crippen LogP contribution in [0, 0.1) is 0 Å². The van der Waals surface area contributed by atoms with Crippen LogP contribution >= 0.6 is 0 Å². The predicted octanol–water partition coefficient (Wildman–Crippen LogP) is 1.34. The molecule has 2 aromatic heterocycles. The maximum absolute atomic E-state index is 13.2. The molecule has 0 amide bonds. The molecule has 0 aliphatic carbocycles. The van der Waals surface area contributed by atoms with Crippen molar-refractivity contribution in [3.8, 4) is 5.75 Å². The third-order valence-corrected chi connectivity index (χ3v) is 6.04. The van der Waals surface area contributed by atoms with Crippen molar-refractivity contribution in [1.82, 2.24) is 25.2 Å². The van der Waals surface area contributed by atoms with Gasteiger partial charge in [0.05, 0.1) is 32.3 Å². The summed E-state index contributed by atoms with van der Waals surface area (Å²) in [5, 5.41) is 13.6. The van der Waals surface area contributed by atoms with E-state index in [1.807, 2.05) is 47.1 Å². The lowest BCUT2D eigenvalue weighted by atomic mass is 10.0. The van der Waals surface area contributed by atoms with Crippen molar-refractivity contribution in [1.29, 1.82) is 0 Å². The number of benzene rings is 2. The summed E-state index contributed by atoms with van der Waals surface area (Å²) >= 11 is 0. The number of tetrazole rings is 1. The van der Waals surface area contributed by atoms with Gasteiger partial charge in [-0.2, -0.15) is 0 Å². The van der Waals surface area contributed by atoms with E-state index >= 15 is 0 Å². The van der Waals surface area contributed by atoms with E-state index in [-0.39, 0.29) is 11.6 Å². The van der Waals surface area contributed by atoms with Crippen molar-refractivity contribution in [2.75, 3.05) is 20.2 Å². The number of aromatic nitrogens is 5. The molecule has 8 heteroatoms. The van der Waals surface area contributed by atoms with Crippen LogP contribution in [0.3, 0.4) is 0 Å². The summed E-state index contributed by atoms with van der Waals surface area (Å²) in [5.74, 6) is 1.47. The molecule has 2 N–H and O–H groups in total. The normalized spacial score (nSPS) is 15.4. The second-order valence-corrected chi connectivity index (χ2v) is 7.99. The fraction of sp³-hybridized carbons (Fsp3) is 0.304. The van der Waals surface area contributed by atoms with Gasteiger partial charge in [0.1, 0.15) is 5.75 Å². The first-order chi connectivity index (χ1) is 15.2. The molecular formula is C23H25N6O2+. The standard InChI is InChI=1S/C23H24N6O2/c1-31-18-9-10-20-17(13-18)14-19(23(30)24-20)21(28-11-5-6-12-28)22-25-26-27-29(22)15-16-7-3-2-4-8-16/h2-4,7-10,13-14,21H,5-6,11-12,15H2,1H3,(H,24,30)/p+1/t21-/m1/s1. The zero-order valence-electron chi connectivity index (χ0n) is 17.4. The number of pyridine rings is 1. The van der Waals surface area contributed by atoms with Crippen LogP contribution in [0.1, 0.15) is 35.8 Å². The molecule has 1 atom stereocenters. The second-order valence-electron chi connectivity index (χ2n) is 7.99. The number of fused-ring (bicyclic) bond motifs is 1. The van der Waals surface area contributed by atoms with Gasteiger partial charge < -0.3 is 14.6 Å². The highest BCUT2D eigenvalue weighted by atomic mass is 16.5. The smallest absolute Gasteiger partial charge is 0.258 e. The summed E-state index contributed by atoms with van der Waals surface area (Å²) in [5.41, 5.74) is 2.48. The first-order valence-electron chi connectivity index (χ1n) is 10.6. The Morgan fingerprint density at radius 1 is 1.13 bits per heavy atom. The molecule has 0 radical (unpaired) electrons. The molecule has 158 valence electrons. The van der Waals surface area contributed by atoms with Gasteiger partial charge in [-0.05, 0) is 40.3 Å². The van der Waals surface area contributed by atoms with Gasteiger partial charge in [-0.15, -0.1) is 5.10 Å². The van der Waals surface area contributed by atoms with Gasteiger partial charge in [0.2, 0.25) is 5.82 Å². The van der Waals surface area contributed by atoms with Crippen LogP contribution in [0.25, 0.3) is 10.9 Å². The molecule has 4 aromatic rings. The van der Waals surface area contributed by atoms with E-state index in [9.17, 15) is 4.79 Å². The lowest BCUT2D eigenvalue weighted by Gasteiger charge is -2.23.